The van der Waals surface area contributed by atoms with Crippen LogP contribution >= 0.6 is 38.9 Å². The van der Waals surface area contributed by atoms with E-state index in [0.29, 0.717) is 41.6 Å². The van der Waals surface area contributed by atoms with Crippen LogP contribution in [0.2, 0.25) is 5.02 Å². The number of nitrogens with zero attached hydrogens (tertiary/aromatic N) is 3. The molecular formula is C33H31BrClN3O5S. The molecule has 0 unspecified atom stereocenters. The van der Waals surface area contributed by atoms with Crippen molar-refractivity contribution in [3.05, 3.63) is 118 Å². The highest BCUT2D eigenvalue weighted by molar-refractivity contribution is 9.10. The van der Waals surface area contributed by atoms with Crippen LogP contribution in [0.4, 0.5) is 5.69 Å². The van der Waals surface area contributed by atoms with Gasteiger partial charge in [0.1, 0.15) is 6.61 Å². The second-order valence-corrected chi connectivity index (χ2v) is 12.5. The van der Waals surface area contributed by atoms with Gasteiger partial charge in [0.25, 0.3) is 5.56 Å². The first kappa shape index (κ1) is 31.6. The number of halogens is 2. The van der Waals surface area contributed by atoms with Gasteiger partial charge in [-0.1, -0.05) is 53.3 Å². The molecule has 0 amide bonds. The van der Waals surface area contributed by atoms with Gasteiger partial charge in [0.2, 0.25) is 0 Å². The largest absolute Gasteiger partial charge is 0.493 e. The Labute approximate surface area is 272 Å². The monoisotopic (exact) mass is 695 g/mol. The predicted octanol–water partition coefficient (Wildman–Crippen LogP) is 5.87. The standard InChI is InChI=1S/C33H31BrClN3O5S/c1-6-42-32(40)28-19(2)36-33-38(29(28)21-11-13-23(14-12-21)37(3)4)31(39)27(44-33)17-20-15-24(34)30(26(16-20)41-5)43-18-22-9-7-8-10-25(22)35/h7-17,29H,6,18H2,1-5H3/b27-17+/t29-/m1/s1. The topological polar surface area (TPSA) is 82.4 Å². The summed E-state index contributed by atoms with van der Waals surface area (Å²) in [5.41, 5.74) is 3.94. The number of allylic oxidation sites excluding steroid dienone is 1. The second kappa shape index (κ2) is 13.4. The van der Waals surface area contributed by atoms with Crippen LogP contribution in [0.15, 0.2) is 86.2 Å². The Bertz CT molecular complexity index is 1930. The number of anilines is 1. The maximum Gasteiger partial charge on any atom is 0.338 e. The van der Waals surface area contributed by atoms with Crippen LogP contribution in [0.25, 0.3) is 6.08 Å². The average molecular weight is 697 g/mol. The minimum absolute atomic E-state index is 0.209. The molecule has 4 aromatic rings. The van der Waals surface area contributed by atoms with Gasteiger partial charge in [-0.25, -0.2) is 9.79 Å². The summed E-state index contributed by atoms with van der Waals surface area (Å²) >= 11 is 11.2. The van der Waals surface area contributed by atoms with E-state index in [9.17, 15) is 9.59 Å². The van der Waals surface area contributed by atoms with E-state index in [1.54, 1.807) is 37.7 Å². The van der Waals surface area contributed by atoms with Gasteiger partial charge >= 0.3 is 5.97 Å². The van der Waals surface area contributed by atoms with Gasteiger partial charge in [-0.2, -0.15) is 0 Å². The molecule has 0 saturated heterocycles. The molecular weight excluding hydrogens is 666 g/mol. The summed E-state index contributed by atoms with van der Waals surface area (Å²) in [6, 6.07) is 18.2. The van der Waals surface area contributed by atoms with E-state index in [-0.39, 0.29) is 18.8 Å². The number of ether oxygens (including phenoxy) is 3. The van der Waals surface area contributed by atoms with Crippen molar-refractivity contribution in [3.8, 4) is 11.5 Å². The quantitative estimate of drug-likeness (QED) is 0.204. The molecule has 0 spiro atoms. The van der Waals surface area contributed by atoms with Gasteiger partial charge in [-0.15, -0.1) is 0 Å². The zero-order valence-electron chi connectivity index (χ0n) is 24.9. The van der Waals surface area contributed by atoms with Crippen LogP contribution in [0.1, 0.15) is 36.6 Å². The molecule has 228 valence electrons. The number of aromatic nitrogens is 1. The van der Waals surface area contributed by atoms with Crippen LogP contribution in [-0.2, 0) is 16.1 Å². The van der Waals surface area contributed by atoms with Gasteiger partial charge in [0.05, 0.1) is 40.0 Å². The summed E-state index contributed by atoms with van der Waals surface area (Å²) in [5.74, 6) is 0.511. The molecule has 44 heavy (non-hydrogen) atoms. The summed E-state index contributed by atoms with van der Waals surface area (Å²) in [6.07, 6.45) is 1.78. The van der Waals surface area contributed by atoms with Gasteiger partial charge in [0, 0.05) is 30.4 Å². The molecule has 1 aromatic heterocycles. The van der Waals surface area contributed by atoms with Gasteiger partial charge in [-0.3, -0.25) is 9.36 Å². The number of methoxy groups -OCH3 is 1. The maximum absolute atomic E-state index is 14.0. The third kappa shape index (κ3) is 6.33. The van der Waals surface area contributed by atoms with E-state index in [0.717, 1.165) is 22.4 Å². The lowest BCUT2D eigenvalue weighted by atomic mass is 9.95. The van der Waals surface area contributed by atoms with Crippen molar-refractivity contribution >= 4 is 56.6 Å². The average Bonchev–Trinajstić information content (AvgIpc) is 3.30. The van der Waals surface area contributed by atoms with Crippen LogP contribution < -0.4 is 29.3 Å². The van der Waals surface area contributed by atoms with Gasteiger partial charge in [0.15, 0.2) is 16.3 Å². The highest BCUT2D eigenvalue weighted by Crippen LogP contribution is 2.38. The molecule has 0 bridgehead atoms. The summed E-state index contributed by atoms with van der Waals surface area (Å²) in [4.78, 5) is 34.4. The third-order valence-corrected chi connectivity index (χ3v) is 9.06. The summed E-state index contributed by atoms with van der Waals surface area (Å²) < 4.78 is 19.8. The van der Waals surface area contributed by atoms with Crippen molar-refractivity contribution in [3.63, 3.8) is 0 Å². The van der Waals surface area contributed by atoms with E-state index in [1.807, 2.05) is 73.6 Å². The van der Waals surface area contributed by atoms with E-state index < -0.39 is 12.0 Å². The highest BCUT2D eigenvalue weighted by atomic mass is 79.9. The number of hydrogen-bond acceptors (Lipinski definition) is 8. The Morgan fingerprint density at radius 2 is 1.89 bits per heavy atom. The molecule has 0 N–H and O–H groups in total. The zero-order chi connectivity index (χ0) is 31.5. The number of carbonyl (C=O) groups excluding carboxylic acids is 1. The Kier molecular flexibility index (Phi) is 9.62. The smallest absolute Gasteiger partial charge is 0.338 e. The van der Waals surface area contributed by atoms with E-state index in [1.165, 1.54) is 11.3 Å². The first-order chi connectivity index (χ1) is 21.1. The summed E-state index contributed by atoms with van der Waals surface area (Å²) in [6.45, 7) is 3.99. The maximum atomic E-state index is 14.0. The van der Waals surface area contributed by atoms with Crippen LogP contribution in [0, 0.1) is 0 Å². The molecule has 0 fully saturated rings. The molecule has 0 aliphatic carbocycles. The fourth-order valence-corrected chi connectivity index (χ4v) is 6.75. The third-order valence-electron chi connectivity index (χ3n) is 7.12. The Balaban J connectivity index is 1.58. The van der Waals surface area contributed by atoms with Crippen molar-refractivity contribution in [1.82, 2.24) is 4.57 Å². The van der Waals surface area contributed by atoms with Crippen molar-refractivity contribution < 1.29 is 19.0 Å². The number of fused-ring (bicyclic) bond motifs is 1. The lowest BCUT2D eigenvalue weighted by molar-refractivity contribution is -0.139. The van der Waals surface area contributed by atoms with Crippen LogP contribution in [0.5, 0.6) is 11.5 Å². The minimum Gasteiger partial charge on any atom is -0.493 e. The molecule has 0 saturated carbocycles. The van der Waals surface area contributed by atoms with Crippen molar-refractivity contribution in [2.75, 3.05) is 32.7 Å². The number of benzene rings is 3. The van der Waals surface area contributed by atoms with Crippen LogP contribution in [0.3, 0.4) is 0 Å². The highest BCUT2D eigenvalue weighted by Gasteiger charge is 2.33. The first-order valence-corrected chi connectivity index (χ1v) is 15.8. The SMILES string of the molecule is CCOC(=O)C1=C(C)N=c2s/c(=C/c3cc(Br)c(OCc4ccccc4Cl)c(OC)c3)c(=O)n2[C@@H]1c1ccc(N(C)C)cc1. The second-order valence-electron chi connectivity index (χ2n) is 10.2. The van der Waals surface area contributed by atoms with Crippen molar-refractivity contribution in [2.24, 2.45) is 4.99 Å². The van der Waals surface area contributed by atoms with E-state index in [4.69, 9.17) is 25.8 Å². The van der Waals surface area contributed by atoms with Crippen molar-refractivity contribution in [2.45, 2.75) is 26.5 Å². The molecule has 1 aliphatic rings. The van der Waals surface area contributed by atoms with Crippen molar-refractivity contribution in [1.29, 1.82) is 0 Å². The lowest BCUT2D eigenvalue weighted by Crippen LogP contribution is -2.39. The molecule has 0 radical (unpaired) electrons. The molecule has 5 rings (SSSR count). The summed E-state index contributed by atoms with van der Waals surface area (Å²) in [7, 11) is 5.47. The molecule has 8 nitrogen and oxygen atoms in total. The Morgan fingerprint density at radius 1 is 1.16 bits per heavy atom. The van der Waals surface area contributed by atoms with Gasteiger partial charge < -0.3 is 19.1 Å². The molecule has 11 heteroatoms. The lowest BCUT2D eigenvalue weighted by Gasteiger charge is -2.25. The Hall–Kier alpha value is -3.86. The van der Waals surface area contributed by atoms with E-state index in [2.05, 4.69) is 20.9 Å². The molecule has 3 aromatic carbocycles. The molecule has 1 atom stereocenters. The zero-order valence-corrected chi connectivity index (χ0v) is 28.0. The Morgan fingerprint density at radius 3 is 2.55 bits per heavy atom. The predicted molar refractivity (Wildman–Crippen MR) is 178 cm³/mol. The first-order valence-electron chi connectivity index (χ1n) is 13.8. The normalized spacial score (nSPS) is 14.6. The number of hydrogen-bond donors (Lipinski definition) is 0. The number of carbonyl (C=O) groups is 1. The molecule has 2 heterocycles. The fraction of sp³-hybridized carbons (Fsp3) is 0.242. The number of rotatable bonds is 9. The van der Waals surface area contributed by atoms with Crippen LogP contribution in [-0.4, -0.2) is 38.3 Å². The number of esters is 1. The fourth-order valence-electron chi connectivity index (χ4n) is 4.94. The number of thiazole rings is 1. The van der Waals surface area contributed by atoms with E-state index >= 15 is 0 Å². The molecule has 1 aliphatic heterocycles. The minimum atomic E-state index is -0.689. The van der Waals surface area contributed by atoms with Gasteiger partial charge in [-0.05, 0) is 77.3 Å². The summed E-state index contributed by atoms with van der Waals surface area (Å²) in [5, 5.41) is 0.614.